The van der Waals surface area contributed by atoms with E-state index in [4.69, 9.17) is 16.3 Å². The minimum atomic E-state index is -3.89. The number of ether oxygens (including phenoxy) is 1. The lowest BCUT2D eigenvalue weighted by Gasteiger charge is -2.38. The molecule has 0 bridgehead atoms. The number of nitrogens with one attached hydrogen (secondary N) is 2. The van der Waals surface area contributed by atoms with Crippen molar-refractivity contribution in [2.75, 3.05) is 37.4 Å². The molecule has 41 heavy (non-hydrogen) atoms. The number of anilines is 2. The molecule has 3 atom stereocenters. The number of sulfonamides is 1. The molecule has 0 spiro atoms. The highest BCUT2D eigenvalue weighted by molar-refractivity contribution is 7.89. The predicted molar refractivity (Wildman–Crippen MR) is 158 cm³/mol. The van der Waals surface area contributed by atoms with Crippen molar-refractivity contribution in [1.29, 1.82) is 0 Å². The SMILES string of the molecule is C[C@@H]1CN([C@H](C)CO)C(=O)c2cccc(NC(=O)Nc3ccccc3)c2O[C@@H]1CN(C)S(=O)(=O)c1ccc(Cl)cc1. The van der Waals surface area contributed by atoms with Crippen LogP contribution >= 0.6 is 11.6 Å². The normalized spacial score (nSPS) is 18.1. The van der Waals surface area contributed by atoms with Gasteiger partial charge in [-0.05, 0) is 55.5 Å². The van der Waals surface area contributed by atoms with Crippen molar-refractivity contribution in [3.8, 4) is 5.75 Å². The summed E-state index contributed by atoms with van der Waals surface area (Å²) in [5.74, 6) is -0.610. The Morgan fingerprint density at radius 3 is 2.44 bits per heavy atom. The molecule has 0 unspecified atom stereocenters. The Labute approximate surface area is 244 Å². The summed E-state index contributed by atoms with van der Waals surface area (Å²) in [6, 6.07) is 18.5. The zero-order chi connectivity index (χ0) is 29.7. The lowest BCUT2D eigenvalue weighted by molar-refractivity contribution is 0.0389. The smallest absolute Gasteiger partial charge is 0.323 e. The molecule has 218 valence electrons. The van der Waals surface area contributed by atoms with Crippen molar-refractivity contribution in [3.05, 3.63) is 83.4 Å². The molecule has 12 heteroatoms. The molecule has 0 aliphatic carbocycles. The Balaban J connectivity index is 1.68. The first-order valence-corrected chi connectivity index (χ1v) is 14.9. The zero-order valence-corrected chi connectivity index (χ0v) is 24.5. The minimum absolute atomic E-state index is 0.0500. The number of hydrogen-bond donors (Lipinski definition) is 3. The molecule has 0 fully saturated rings. The van der Waals surface area contributed by atoms with Gasteiger partial charge in [0.25, 0.3) is 5.91 Å². The summed E-state index contributed by atoms with van der Waals surface area (Å²) in [5, 5.41) is 15.8. The summed E-state index contributed by atoms with van der Waals surface area (Å²) in [5.41, 5.74) is 0.996. The number of benzene rings is 3. The molecular formula is C29H33ClN4O6S. The fourth-order valence-electron chi connectivity index (χ4n) is 4.50. The molecule has 1 aliphatic rings. The third kappa shape index (κ3) is 6.99. The first-order valence-electron chi connectivity index (χ1n) is 13.1. The maximum absolute atomic E-state index is 13.7. The van der Waals surface area contributed by atoms with Crippen LogP contribution in [-0.4, -0.2) is 73.6 Å². The molecule has 0 saturated heterocycles. The largest absolute Gasteiger partial charge is 0.486 e. The van der Waals surface area contributed by atoms with Gasteiger partial charge in [-0.1, -0.05) is 42.8 Å². The number of hydrogen-bond acceptors (Lipinski definition) is 6. The summed E-state index contributed by atoms with van der Waals surface area (Å²) in [6.45, 7) is 3.48. The van der Waals surface area contributed by atoms with E-state index >= 15 is 0 Å². The Morgan fingerprint density at radius 1 is 1.10 bits per heavy atom. The van der Waals surface area contributed by atoms with Crippen molar-refractivity contribution in [2.24, 2.45) is 5.92 Å². The molecular weight excluding hydrogens is 568 g/mol. The van der Waals surface area contributed by atoms with Crippen LogP contribution in [0.4, 0.5) is 16.2 Å². The van der Waals surface area contributed by atoms with Gasteiger partial charge in [0.05, 0.1) is 35.3 Å². The minimum Gasteiger partial charge on any atom is -0.486 e. The molecule has 10 nitrogen and oxygen atoms in total. The second-order valence-corrected chi connectivity index (χ2v) is 12.5. The molecule has 3 aromatic carbocycles. The molecule has 3 amide bonds. The maximum atomic E-state index is 13.7. The number of likely N-dealkylation sites (N-methyl/N-ethyl adjacent to an activating group) is 1. The maximum Gasteiger partial charge on any atom is 0.323 e. The van der Waals surface area contributed by atoms with Gasteiger partial charge >= 0.3 is 6.03 Å². The van der Waals surface area contributed by atoms with Crippen molar-refractivity contribution in [1.82, 2.24) is 9.21 Å². The van der Waals surface area contributed by atoms with Crippen LogP contribution in [0.1, 0.15) is 24.2 Å². The van der Waals surface area contributed by atoms with Crippen molar-refractivity contribution in [3.63, 3.8) is 0 Å². The number of nitrogens with zero attached hydrogens (tertiary/aromatic N) is 2. The van der Waals surface area contributed by atoms with E-state index < -0.39 is 28.2 Å². The molecule has 0 saturated carbocycles. The summed E-state index contributed by atoms with van der Waals surface area (Å²) >= 11 is 5.94. The first-order chi connectivity index (χ1) is 19.5. The van der Waals surface area contributed by atoms with Gasteiger partial charge in [-0.25, -0.2) is 13.2 Å². The van der Waals surface area contributed by atoms with Crippen molar-refractivity contribution < 1.29 is 27.9 Å². The van der Waals surface area contributed by atoms with E-state index in [9.17, 15) is 23.1 Å². The summed E-state index contributed by atoms with van der Waals surface area (Å²) in [4.78, 5) is 28.1. The van der Waals surface area contributed by atoms with Gasteiger partial charge in [-0.3, -0.25) is 4.79 Å². The van der Waals surface area contributed by atoms with Gasteiger partial charge in [-0.15, -0.1) is 0 Å². The van der Waals surface area contributed by atoms with Gasteiger partial charge in [0, 0.05) is 30.2 Å². The van der Waals surface area contributed by atoms with Gasteiger partial charge < -0.3 is 25.4 Å². The number of carbonyl (C=O) groups excluding carboxylic acids is 2. The van der Waals surface area contributed by atoms with E-state index in [1.165, 1.54) is 35.6 Å². The molecule has 1 aliphatic heterocycles. The number of carbonyl (C=O) groups is 2. The van der Waals surface area contributed by atoms with Crippen molar-refractivity contribution >= 4 is 44.9 Å². The Bertz CT molecular complexity index is 1490. The van der Waals surface area contributed by atoms with Crippen molar-refractivity contribution in [2.45, 2.75) is 30.9 Å². The third-order valence-corrected chi connectivity index (χ3v) is 9.02. The number of amides is 3. The van der Waals surface area contributed by atoms with Crippen LogP contribution in [0, 0.1) is 5.92 Å². The summed E-state index contributed by atoms with van der Waals surface area (Å²) in [6.07, 6.45) is -0.720. The number of para-hydroxylation sites is 2. The van der Waals surface area contributed by atoms with Gasteiger partial charge in [0.2, 0.25) is 10.0 Å². The summed E-state index contributed by atoms with van der Waals surface area (Å²) in [7, 11) is -2.44. The van der Waals surface area contributed by atoms with Gasteiger partial charge in [0.1, 0.15) is 6.10 Å². The number of rotatable bonds is 8. The quantitative estimate of drug-likeness (QED) is 0.349. The fourth-order valence-corrected chi connectivity index (χ4v) is 5.81. The summed E-state index contributed by atoms with van der Waals surface area (Å²) < 4.78 is 34.3. The lowest BCUT2D eigenvalue weighted by Crippen LogP contribution is -2.50. The topological polar surface area (TPSA) is 128 Å². The Morgan fingerprint density at radius 2 is 1.78 bits per heavy atom. The molecule has 0 aromatic heterocycles. The number of halogens is 1. The van der Waals surface area contributed by atoms with Crippen LogP contribution in [0.2, 0.25) is 5.02 Å². The van der Waals surface area contributed by atoms with E-state index in [0.29, 0.717) is 10.7 Å². The number of urea groups is 1. The highest BCUT2D eigenvalue weighted by atomic mass is 35.5. The molecule has 3 aromatic rings. The number of fused-ring (bicyclic) bond motifs is 1. The average molecular weight is 601 g/mol. The van der Waals surface area contributed by atoms with E-state index in [-0.39, 0.29) is 53.4 Å². The zero-order valence-electron chi connectivity index (χ0n) is 23.0. The number of aliphatic hydroxyl groups is 1. The van der Waals surface area contributed by atoms with Gasteiger partial charge in [0.15, 0.2) is 5.75 Å². The highest BCUT2D eigenvalue weighted by Crippen LogP contribution is 2.35. The second-order valence-electron chi connectivity index (χ2n) is 9.99. The van der Waals surface area contributed by atoms with E-state index in [2.05, 4.69) is 10.6 Å². The highest BCUT2D eigenvalue weighted by Gasteiger charge is 2.36. The molecule has 1 heterocycles. The molecule has 4 rings (SSSR count). The first kappa shape index (κ1) is 30.3. The fraction of sp³-hybridized carbons (Fsp3) is 0.310. The Kier molecular flexibility index (Phi) is 9.54. The van der Waals surface area contributed by atoms with E-state index in [0.717, 1.165) is 0 Å². The molecule has 3 N–H and O–H groups in total. The van der Waals surface area contributed by atoms with E-state index in [1.54, 1.807) is 54.3 Å². The predicted octanol–water partition coefficient (Wildman–Crippen LogP) is 4.52. The standard InChI is InChI=1S/C29H33ClN4O6S/c1-19-16-34(20(2)18-35)28(36)24-10-7-11-25(32-29(37)31-22-8-5-4-6-9-22)27(24)40-26(19)17-33(3)41(38,39)23-14-12-21(30)13-15-23/h4-15,19-20,26,35H,16-18H2,1-3H3,(H2,31,32,37)/t19-,20-,26-/m1/s1. The van der Waals surface area contributed by atoms with Crippen LogP contribution < -0.4 is 15.4 Å². The van der Waals surface area contributed by atoms with E-state index in [1.807, 2.05) is 13.0 Å². The lowest BCUT2D eigenvalue weighted by atomic mass is 9.99. The van der Waals surface area contributed by atoms with Crippen LogP contribution in [0.15, 0.2) is 77.7 Å². The monoisotopic (exact) mass is 600 g/mol. The third-order valence-electron chi connectivity index (χ3n) is 6.93. The van der Waals surface area contributed by atoms with Crippen LogP contribution in [-0.2, 0) is 10.0 Å². The van der Waals surface area contributed by atoms with Crippen LogP contribution in [0.5, 0.6) is 5.75 Å². The van der Waals surface area contributed by atoms with Crippen LogP contribution in [0.3, 0.4) is 0 Å². The average Bonchev–Trinajstić information content (AvgIpc) is 2.95. The molecule has 0 radical (unpaired) electrons. The Hall–Kier alpha value is -3.64. The van der Waals surface area contributed by atoms with Crippen LogP contribution in [0.25, 0.3) is 0 Å². The van der Waals surface area contributed by atoms with Gasteiger partial charge in [-0.2, -0.15) is 4.31 Å². The second kappa shape index (κ2) is 12.9. The number of aliphatic hydroxyl groups excluding tert-OH is 1.